The Morgan fingerprint density at radius 2 is 1.74 bits per heavy atom. The molecule has 122 valence electrons. The van der Waals surface area contributed by atoms with Crippen molar-refractivity contribution in [3.8, 4) is 17.1 Å². The van der Waals surface area contributed by atoms with Crippen LogP contribution < -0.4 is 4.74 Å². The van der Waals surface area contributed by atoms with Crippen LogP contribution in [-0.2, 0) is 6.42 Å². The lowest BCUT2D eigenvalue weighted by Gasteiger charge is -2.07. The van der Waals surface area contributed by atoms with E-state index < -0.39 is 23.8 Å². The summed E-state index contributed by atoms with van der Waals surface area (Å²) in [6.45, 7) is 2.01. The highest BCUT2D eigenvalue weighted by atomic mass is 19.3. The fourth-order valence-electron chi connectivity index (χ4n) is 1.89. The van der Waals surface area contributed by atoms with Gasteiger partial charge >= 0.3 is 0 Å². The third-order valence-electron chi connectivity index (χ3n) is 2.91. The molecule has 0 unspecified atom stereocenters. The Morgan fingerprint density at radius 1 is 1.13 bits per heavy atom. The predicted molar refractivity (Wildman–Crippen MR) is 77.2 cm³/mol. The molecule has 0 radical (unpaired) electrons. The maximum absolute atomic E-state index is 13.9. The lowest BCUT2D eigenvalue weighted by atomic mass is 10.1. The molecule has 1 aromatic carbocycles. The molecule has 0 spiro atoms. The van der Waals surface area contributed by atoms with Crippen LogP contribution in [0.4, 0.5) is 17.6 Å². The molecule has 0 amide bonds. The molecule has 1 aromatic heterocycles. The Labute approximate surface area is 130 Å². The fourth-order valence-corrected chi connectivity index (χ4v) is 1.89. The molecule has 2 rings (SSSR count). The van der Waals surface area contributed by atoms with Crippen molar-refractivity contribution in [1.82, 2.24) is 9.97 Å². The largest absolute Gasteiger partial charge is 0.459 e. The van der Waals surface area contributed by atoms with Gasteiger partial charge in [0.05, 0.1) is 6.26 Å². The minimum Gasteiger partial charge on any atom is -0.459 e. The van der Waals surface area contributed by atoms with Gasteiger partial charge in [0.1, 0.15) is 0 Å². The summed E-state index contributed by atoms with van der Waals surface area (Å²) in [5.41, 5.74) is 1.06. The number of allylic oxidation sites excluding steroid dienone is 1. The molecule has 0 atom stereocenters. The minimum absolute atomic E-state index is 0.133. The van der Waals surface area contributed by atoms with Crippen molar-refractivity contribution < 1.29 is 22.3 Å². The van der Waals surface area contributed by atoms with Crippen molar-refractivity contribution in [2.45, 2.75) is 26.2 Å². The SMILES string of the molecule is CCCc1cnc(-c2cc(F)c(O/C=C/C(F)F)c(F)c2)nc1. The van der Waals surface area contributed by atoms with Crippen molar-refractivity contribution in [2.75, 3.05) is 0 Å². The van der Waals surface area contributed by atoms with Gasteiger partial charge in [-0.2, -0.15) is 0 Å². The highest BCUT2D eigenvalue weighted by Gasteiger charge is 2.14. The van der Waals surface area contributed by atoms with E-state index in [1.165, 1.54) is 0 Å². The van der Waals surface area contributed by atoms with E-state index in [0.29, 0.717) is 12.3 Å². The number of benzene rings is 1. The summed E-state index contributed by atoms with van der Waals surface area (Å²) in [7, 11) is 0. The Morgan fingerprint density at radius 3 is 2.26 bits per heavy atom. The number of nitrogens with zero attached hydrogens (tertiary/aromatic N) is 2. The molecule has 3 nitrogen and oxygen atoms in total. The average Bonchev–Trinajstić information content (AvgIpc) is 2.50. The molecule has 23 heavy (non-hydrogen) atoms. The Balaban J connectivity index is 2.24. The molecule has 2 aromatic rings. The maximum atomic E-state index is 13.9. The van der Waals surface area contributed by atoms with Crippen LogP contribution in [-0.4, -0.2) is 16.4 Å². The number of alkyl halides is 2. The summed E-state index contributed by atoms with van der Waals surface area (Å²) in [6.07, 6.45) is 3.09. The molecule has 0 aliphatic rings. The first-order valence-corrected chi connectivity index (χ1v) is 6.93. The van der Waals surface area contributed by atoms with E-state index in [9.17, 15) is 17.6 Å². The van der Waals surface area contributed by atoms with Crippen molar-refractivity contribution in [3.05, 3.63) is 54.1 Å². The summed E-state index contributed by atoms with van der Waals surface area (Å²) in [5.74, 6) is -2.65. The molecule has 1 heterocycles. The minimum atomic E-state index is -2.77. The van der Waals surface area contributed by atoms with E-state index >= 15 is 0 Å². The lowest BCUT2D eigenvalue weighted by molar-refractivity contribution is 0.200. The van der Waals surface area contributed by atoms with Crippen molar-refractivity contribution in [1.29, 1.82) is 0 Å². The second kappa shape index (κ2) is 7.71. The maximum Gasteiger partial charge on any atom is 0.260 e. The molecular formula is C16H14F4N2O. The van der Waals surface area contributed by atoms with Gasteiger partial charge in [0.15, 0.2) is 23.2 Å². The predicted octanol–water partition coefficient (Wildman–Crippen LogP) is 4.53. The Bertz CT molecular complexity index is 664. The van der Waals surface area contributed by atoms with Crippen LogP contribution in [0.2, 0.25) is 0 Å². The highest BCUT2D eigenvalue weighted by Crippen LogP contribution is 2.27. The Kier molecular flexibility index (Phi) is 5.67. The molecule has 0 fully saturated rings. The van der Waals surface area contributed by atoms with E-state index in [0.717, 1.165) is 30.5 Å². The molecule has 0 aliphatic heterocycles. The molecule has 7 heteroatoms. The number of ether oxygens (including phenoxy) is 1. The van der Waals surface area contributed by atoms with Crippen molar-refractivity contribution in [2.24, 2.45) is 0 Å². The van der Waals surface area contributed by atoms with E-state index in [1.807, 2.05) is 6.92 Å². The standard InChI is InChI=1S/C16H14F4N2O/c1-2-3-10-8-21-16(22-9-10)11-6-12(17)15(13(18)7-11)23-5-4-14(19)20/h4-9,14H,2-3H2,1H3/b5-4+. The van der Waals surface area contributed by atoms with E-state index in [1.54, 1.807) is 12.4 Å². The first-order chi connectivity index (χ1) is 11.0. The first kappa shape index (κ1) is 16.9. The van der Waals surface area contributed by atoms with Crippen LogP contribution in [0.1, 0.15) is 18.9 Å². The van der Waals surface area contributed by atoms with Crippen molar-refractivity contribution in [3.63, 3.8) is 0 Å². The summed E-state index contributed by atoms with van der Waals surface area (Å²) < 4.78 is 56.2. The quantitative estimate of drug-likeness (QED) is 0.578. The average molecular weight is 326 g/mol. The number of hydrogen-bond acceptors (Lipinski definition) is 3. The van der Waals surface area contributed by atoms with Crippen molar-refractivity contribution >= 4 is 0 Å². The lowest BCUT2D eigenvalue weighted by Crippen LogP contribution is -1.97. The number of aryl methyl sites for hydroxylation is 1. The number of rotatable bonds is 6. The van der Waals surface area contributed by atoms with Gasteiger partial charge in [0.25, 0.3) is 6.43 Å². The number of hydrogen-bond donors (Lipinski definition) is 0. The van der Waals surface area contributed by atoms with Gasteiger partial charge in [-0.3, -0.25) is 0 Å². The molecule has 0 saturated heterocycles. The van der Waals surface area contributed by atoms with E-state index in [2.05, 4.69) is 14.7 Å². The normalized spacial score (nSPS) is 11.4. The van der Waals surface area contributed by atoms with Crippen LogP contribution in [0.25, 0.3) is 11.4 Å². The molecule has 0 bridgehead atoms. The zero-order chi connectivity index (χ0) is 16.8. The highest BCUT2D eigenvalue weighted by molar-refractivity contribution is 5.57. The van der Waals surface area contributed by atoms with Gasteiger partial charge in [-0.1, -0.05) is 13.3 Å². The van der Waals surface area contributed by atoms with Gasteiger partial charge in [0.2, 0.25) is 0 Å². The van der Waals surface area contributed by atoms with Gasteiger partial charge in [-0.25, -0.2) is 27.5 Å². The zero-order valence-electron chi connectivity index (χ0n) is 12.3. The van der Waals surface area contributed by atoms with Gasteiger partial charge < -0.3 is 4.74 Å². The molecule has 0 saturated carbocycles. The summed E-state index contributed by atoms with van der Waals surface area (Å²) in [5, 5.41) is 0. The second-order valence-electron chi connectivity index (χ2n) is 4.71. The van der Waals surface area contributed by atoms with E-state index in [4.69, 9.17) is 0 Å². The molecule has 0 N–H and O–H groups in total. The topological polar surface area (TPSA) is 35.0 Å². The van der Waals surface area contributed by atoms with E-state index in [-0.39, 0.29) is 11.4 Å². The molecular weight excluding hydrogens is 312 g/mol. The zero-order valence-corrected chi connectivity index (χ0v) is 12.3. The Hall–Kier alpha value is -2.44. The summed E-state index contributed by atoms with van der Waals surface area (Å²) >= 11 is 0. The summed E-state index contributed by atoms with van der Waals surface area (Å²) in [6, 6.07) is 1.98. The number of halogens is 4. The van der Waals surface area contributed by atoms with Crippen LogP contribution in [0.5, 0.6) is 5.75 Å². The summed E-state index contributed by atoms with van der Waals surface area (Å²) in [4.78, 5) is 8.13. The number of aromatic nitrogens is 2. The second-order valence-corrected chi connectivity index (χ2v) is 4.71. The fraction of sp³-hybridized carbons (Fsp3) is 0.250. The van der Waals surface area contributed by atoms with Crippen LogP contribution in [0.3, 0.4) is 0 Å². The van der Waals surface area contributed by atoms with Gasteiger partial charge in [-0.05, 0) is 24.1 Å². The third-order valence-corrected chi connectivity index (χ3v) is 2.91. The smallest absolute Gasteiger partial charge is 0.260 e. The van der Waals surface area contributed by atoms with Crippen LogP contribution in [0, 0.1) is 11.6 Å². The van der Waals surface area contributed by atoms with Gasteiger partial charge in [0, 0.05) is 24.0 Å². The third kappa shape index (κ3) is 4.51. The molecule has 0 aliphatic carbocycles. The first-order valence-electron chi connectivity index (χ1n) is 6.93. The monoisotopic (exact) mass is 326 g/mol. The van der Waals surface area contributed by atoms with Gasteiger partial charge in [-0.15, -0.1) is 0 Å². The van der Waals surface area contributed by atoms with Crippen LogP contribution >= 0.6 is 0 Å². The van der Waals surface area contributed by atoms with Crippen LogP contribution in [0.15, 0.2) is 36.9 Å².